The quantitative estimate of drug-likeness (QED) is 0.746. The summed E-state index contributed by atoms with van der Waals surface area (Å²) in [4.78, 5) is 6.67. The number of furan rings is 1. The zero-order valence-electron chi connectivity index (χ0n) is 13.3. The van der Waals surface area contributed by atoms with E-state index in [0.29, 0.717) is 0 Å². The highest BCUT2D eigenvalue weighted by molar-refractivity contribution is 5.63. The molecule has 0 spiro atoms. The van der Waals surface area contributed by atoms with E-state index in [1.807, 2.05) is 36.1 Å². The maximum Gasteiger partial charge on any atom is 0.117 e. The van der Waals surface area contributed by atoms with Gasteiger partial charge in [-0.1, -0.05) is 0 Å². The van der Waals surface area contributed by atoms with Crippen LogP contribution < -0.4 is 0 Å². The molecule has 0 aliphatic carbocycles. The van der Waals surface area contributed by atoms with E-state index < -0.39 is 0 Å². The van der Waals surface area contributed by atoms with Crippen molar-refractivity contribution in [2.24, 2.45) is 7.05 Å². The van der Waals surface area contributed by atoms with Crippen LogP contribution in [0.1, 0.15) is 23.4 Å². The third-order valence-corrected chi connectivity index (χ3v) is 4.44. The van der Waals surface area contributed by atoms with Crippen molar-refractivity contribution in [1.82, 2.24) is 19.7 Å². The van der Waals surface area contributed by atoms with Crippen LogP contribution in [0, 0.1) is 0 Å². The molecular formula is C18H20N4O. The van der Waals surface area contributed by atoms with E-state index in [0.717, 1.165) is 49.5 Å². The summed E-state index contributed by atoms with van der Waals surface area (Å²) in [5.41, 5.74) is 4.84. The molecule has 0 unspecified atom stereocenters. The fraction of sp³-hybridized carbons (Fsp3) is 0.333. The number of fused-ring (bicyclic) bond motifs is 1. The lowest BCUT2D eigenvalue weighted by atomic mass is 10.0. The van der Waals surface area contributed by atoms with E-state index in [4.69, 9.17) is 9.52 Å². The lowest BCUT2D eigenvalue weighted by Gasteiger charge is -2.18. The molecule has 3 aromatic rings. The van der Waals surface area contributed by atoms with Crippen LogP contribution in [0.25, 0.3) is 11.3 Å². The molecule has 5 heteroatoms. The van der Waals surface area contributed by atoms with Gasteiger partial charge in [-0.25, -0.2) is 0 Å². The Morgan fingerprint density at radius 3 is 3.00 bits per heavy atom. The van der Waals surface area contributed by atoms with Crippen LogP contribution in [0.2, 0.25) is 0 Å². The zero-order valence-corrected chi connectivity index (χ0v) is 13.3. The van der Waals surface area contributed by atoms with E-state index >= 15 is 0 Å². The number of rotatable bonds is 3. The van der Waals surface area contributed by atoms with E-state index in [2.05, 4.69) is 16.0 Å². The monoisotopic (exact) mass is 308 g/mol. The Hall–Kier alpha value is -2.40. The Balaban J connectivity index is 1.65. The van der Waals surface area contributed by atoms with Gasteiger partial charge in [0, 0.05) is 37.1 Å². The first-order valence-corrected chi connectivity index (χ1v) is 8.01. The first kappa shape index (κ1) is 14.2. The highest BCUT2D eigenvalue weighted by atomic mass is 16.3. The Morgan fingerprint density at radius 1 is 1.26 bits per heavy atom. The highest BCUT2D eigenvalue weighted by Crippen LogP contribution is 2.29. The van der Waals surface area contributed by atoms with Gasteiger partial charge in [-0.3, -0.25) is 14.6 Å². The molecule has 0 radical (unpaired) electrons. The van der Waals surface area contributed by atoms with Gasteiger partial charge in [-0.15, -0.1) is 0 Å². The summed E-state index contributed by atoms with van der Waals surface area (Å²) in [5.74, 6) is 1.02. The van der Waals surface area contributed by atoms with Crippen molar-refractivity contribution in [1.29, 1.82) is 0 Å². The van der Waals surface area contributed by atoms with Gasteiger partial charge in [0.25, 0.3) is 0 Å². The third kappa shape index (κ3) is 2.80. The minimum atomic E-state index is 0.847. The van der Waals surface area contributed by atoms with Gasteiger partial charge in [0.05, 0.1) is 24.2 Å². The highest BCUT2D eigenvalue weighted by Gasteiger charge is 2.23. The van der Waals surface area contributed by atoms with E-state index in [1.54, 1.807) is 12.5 Å². The molecule has 0 saturated carbocycles. The molecule has 0 saturated heterocycles. The predicted molar refractivity (Wildman–Crippen MR) is 87.6 cm³/mol. The average molecular weight is 308 g/mol. The molecule has 1 aliphatic heterocycles. The van der Waals surface area contributed by atoms with E-state index in [9.17, 15) is 0 Å². The van der Waals surface area contributed by atoms with Crippen LogP contribution >= 0.6 is 0 Å². The van der Waals surface area contributed by atoms with Gasteiger partial charge >= 0.3 is 0 Å². The molecule has 4 heterocycles. The number of pyridine rings is 1. The summed E-state index contributed by atoms with van der Waals surface area (Å²) in [5, 5.41) is 4.76. The second-order valence-corrected chi connectivity index (χ2v) is 6.03. The second kappa shape index (κ2) is 6.01. The van der Waals surface area contributed by atoms with Crippen molar-refractivity contribution in [3.05, 3.63) is 59.9 Å². The summed E-state index contributed by atoms with van der Waals surface area (Å²) in [6.45, 7) is 2.82. The average Bonchev–Trinajstić information content (AvgIpc) is 3.12. The van der Waals surface area contributed by atoms with Crippen molar-refractivity contribution < 1.29 is 4.42 Å². The fourth-order valence-corrected chi connectivity index (χ4v) is 3.33. The lowest BCUT2D eigenvalue weighted by Crippen LogP contribution is -2.23. The van der Waals surface area contributed by atoms with Gasteiger partial charge < -0.3 is 4.42 Å². The molecule has 0 N–H and O–H groups in total. The molecule has 0 fully saturated rings. The molecule has 3 aromatic heterocycles. The van der Waals surface area contributed by atoms with Crippen molar-refractivity contribution in [2.45, 2.75) is 25.9 Å². The van der Waals surface area contributed by atoms with Crippen LogP contribution in [0.4, 0.5) is 0 Å². The van der Waals surface area contributed by atoms with Gasteiger partial charge in [0.15, 0.2) is 0 Å². The Labute approximate surface area is 135 Å². The molecule has 0 amide bonds. The first-order chi connectivity index (χ1) is 11.3. The number of hydrogen-bond acceptors (Lipinski definition) is 4. The molecule has 0 atom stereocenters. The van der Waals surface area contributed by atoms with E-state index in [-0.39, 0.29) is 0 Å². The van der Waals surface area contributed by atoms with Crippen LogP contribution in [0.5, 0.6) is 0 Å². The second-order valence-electron chi connectivity index (χ2n) is 6.03. The Morgan fingerprint density at radius 2 is 2.22 bits per heavy atom. The Kier molecular flexibility index (Phi) is 3.71. The summed E-state index contributed by atoms with van der Waals surface area (Å²) in [7, 11) is 2.04. The molecule has 0 aromatic carbocycles. The molecule has 118 valence electrons. The number of aromatic nitrogens is 3. The molecule has 0 bridgehead atoms. The van der Waals surface area contributed by atoms with Crippen molar-refractivity contribution >= 4 is 0 Å². The van der Waals surface area contributed by atoms with Crippen LogP contribution in [-0.4, -0.2) is 26.2 Å². The SMILES string of the molecule is Cn1nc(-c2cccnc2)c2c1CN(Cc1ccco1)CCC2. The van der Waals surface area contributed by atoms with Crippen LogP contribution in [0.3, 0.4) is 0 Å². The normalized spacial score (nSPS) is 15.3. The lowest BCUT2D eigenvalue weighted by molar-refractivity contribution is 0.233. The van der Waals surface area contributed by atoms with Gasteiger partial charge in [-0.2, -0.15) is 5.10 Å². The minimum absolute atomic E-state index is 0.847. The van der Waals surface area contributed by atoms with Crippen molar-refractivity contribution in [2.75, 3.05) is 6.54 Å². The van der Waals surface area contributed by atoms with Gasteiger partial charge in [0.2, 0.25) is 0 Å². The van der Waals surface area contributed by atoms with Gasteiger partial charge in [0.1, 0.15) is 5.76 Å². The summed E-state index contributed by atoms with van der Waals surface area (Å²) >= 11 is 0. The molecule has 4 rings (SSSR count). The molecule has 5 nitrogen and oxygen atoms in total. The summed E-state index contributed by atoms with van der Waals surface area (Å²) in [6, 6.07) is 8.04. The smallest absolute Gasteiger partial charge is 0.117 e. The van der Waals surface area contributed by atoms with E-state index in [1.165, 1.54) is 11.3 Å². The zero-order chi connectivity index (χ0) is 15.6. The third-order valence-electron chi connectivity index (χ3n) is 4.44. The van der Waals surface area contributed by atoms with Gasteiger partial charge in [-0.05, 0) is 43.7 Å². The standard InChI is InChI=1S/C18H20N4O/c1-21-17-13-22(12-15-6-4-10-23-15)9-3-7-16(17)18(20-21)14-5-2-8-19-11-14/h2,4-6,8,10-11H,3,7,9,12-13H2,1H3. The largest absolute Gasteiger partial charge is 0.468 e. The first-order valence-electron chi connectivity index (χ1n) is 8.01. The summed E-state index contributed by atoms with van der Waals surface area (Å²) in [6.07, 6.45) is 7.63. The maximum absolute atomic E-state index is 5.50. The summed E-state index contributed by atoms with van der Waals surface area (Å²) < 4.78 is 7.52. The topological polar surface area (TPSA) is 47.1 Å². The van der Waals surface area contributed by atoms with Crippen LogP contribution in [-0.2, 0) is 26.6 Å². The maximum atomic E-state index is 5.50. The van der Waals surface area contributed by atoms with Crippen molar-refractivity contribution in [3.63, 3.8) is 0 Å². The molecule has 23 heavy (non-hydrogen) atoms. The molecular weight excluding hydrogens is 288 g/mol. The number of nitrogens with zero attached hydrogens (tertiary/aromatic N) is 4. The fourth-order valence-electron chi connectivity index (χ4n) is 3.33. The number of aryl methyl sites for hydroxylation is 1. The van der Waals surface area contributed by atoms with Crippen molar-refractivity contribution in [3.8, 4) is 11.3 Å². The number of hydrogen-bond donors (Lipinski definition) is 0. The minimum Gasteiger partial charge on any atom is -0.468 e. The Bertz CT molecular complexity index is 777. The molecule has 1 aliphatic rings. The van der Waals surface area contributed by atoms with Crippen LogP contribution in [0.15, 0.2) is 47.3 Å². The predicted octanol–water partition coefficient (Wildman–Crippen LogP) is 3.02.